The van der Waals surface area contributed by atoms with Gasteiger partial charge in [-0.25, -0.2) is 0 Å². The van der Waals surface area contributed by atoms with Crippen LogP contribution in [0.1, 0.15) is 12.8 Å². The summed E-state index contributed by atoms with van der Waals surface area (Å²) in [5.74, 6) is -0.156. The molecule has 0 spiro atoms. The standard InChI is InChI=1S/C15H17F3N2O2/c16-15(17,18)10-19-7-8-20(12-5-2-1-4-11(12)19)14(21)13-6-3-9-22-13/h1-2,4-5,13H,3,6-10H2/t13-/m1/s1. The Balaban J connectivity index is 1.85. The number of amides is 1. The molecule has 2 aliphatic heterocycles. The Morgan fingerprint density at radius 2 is 1.95 bits per heavy atom. The molecule has 1 aromatic carbocycles. The Morgan fingerprint density at radius 1 is 1.23 bits per heavy atom. The lowest BCUT2D eigenvalue weighted by atomic mass is 10.1. The minimum Gasteiger partial charge on any atom is -0.368 e. The second kappa shape index (κ2) is 5.79. The normalized spacial score (nSPS) is 21.9. The molecule has 7 heteroatoms. The van der Waals surface area contributed by atoms with Gasteiger partial charge in [0.15, 0.2) is 0 Å². The van der Waals surface area contributed by atoms with E-state index in [-0.39, 0.29) is 19.0 Å². The van der Waals surface area contributed by atoms with Crippen molar-refractivity contribution in [1.82, 2.24) is 0 Å². The third-order valence-corrected chi connectivity index (χ3v) is 3.95. The first-order chi connectivity index (χ1) is 10.5. The van der Waals surface area contributed by atoms with E-state index in [1.165, 1.54) is 4.90 Å². The van der Waals surface area contributed by atoms with E-state index in [1.54, 1.807) is 29.2 Å². The lowest BCUT2D eigenvalue weighted by Gasteiger charge is -2.38. The fourth-order valence-electron chi connectivity index (χ4n) is 2.98. The van der Waals surface area contributed by atoms with Crippen LogP contribution in [0, 0.1) is 0 Å². The number of carbonyl (C=O) groups excluding carboxylic acids is 1. The number of rotatable bonds is 2. The molecule has 4 nitrogen and oxygen atoms in total. The van der Waals surface area contributed by atoms with Crippen molar-refractivity contribution in [3.05, 3.63) is 24.3 Å². The fraction of sp³-hybridized carbons (Fsp3) is 0.533. The van der Waals surface area contributed by atoms with Crippen LogP contribution in [-0.2, 0) is 9.53 Å². The largest absolute Gasteiger partial charge is 0.405 e. The van der Waals surface area contributed by atoms with Gasteiger partial charge in [-0.05, 0) is 25.0 Å². The number of nitrogens with zero attached hydrogens (tertiary/aromatic N) is 2. The van der Waals surface area contributed by atoms with Crippen molar-refractivity contribution in [2.45, 2.75) is 25.1 Å². The number of para-hydroxylation sites is 2. The predicted molar refractivity (Wildman–Crippen MR) is 76.0 cm³/mol. The van der Waals surface area contributed by atoms with Crippen LogP contribution in [0.4, 0.5) is 24.5 Å². The van der Waals surface area contributed by atoms with E-state index in [0.717, 1.165) is 6.42 Å². The molecule has 0 N–H and O–H groups in total. The van der Waals surface area contributed by atoms with E-state index in [2.05, 4.69) is 0 Å². The molecule has 120 valence electrons. The Bertz CT molecular complexity index is 556. The predicted octanol–water partition coefficient (Wildman–Crippen LogP) is 2.58. The molecule has 22 heavy (non-hydrogen) atoms. The molecule has 2 aliphatic rings. The smallest absolute Gasteiger partial charge is 0.368 e. The Labute approximate surface area is 126 Å². The zero-order chi connectivity index (χ0) is 15.7. The van der Waals surface area contributed by atoms with Gasteiger partial charge in [-0.2, -0.15) is 13.2 Å². The van der Waals surface area contributed by atoms with Crippen LogP contribution in [0.5, 0.6) is 0 Å². The van der Waals surface area contributed by atoms with Crippen LogP contribution in [0.25, 0.3) is 0 Å². The number of hydrogen-bond donors (Lipinski definition) is 0. The van der Waals surface area contributed by atoms with Crippen LogP contribution in [0.3, 0.4) is 0 Å². The van der Waals surface area contributed by atoms with Gasteiger partial charge in [0, 0.05) is 19.7 Å². The highest BCUT2D eigenvalue weighted by molar-refractivity contribution is 6.00. The minimum atomic E-state index is -4.27. The third-order valence-electron chi connectivity index (χ3n) is 3.95. The second-order valence-electron chi connectivity index (χ2n) is 5.52. The summed E-state index contributed by atoms with van der Waals surface area (Å²) in [6, 6.07) is 6.72. The summed E-state index contributed by atoms with van der Waals surface area (Å²) in [6.45, 7) is -0.0428. The summed E-state index contributed by atoms with van der Waals surface area (Å²) in [6.07, 6.45) is -3.23. The number of fused-ring (bicyclic) bond motifs is 1. The third kappa shape index (κ3) is 3.04. The maximum absolute atomic E-state index is 12.7. The quantitative estimate of drug-likeness (QED) is 0.841. The van der Waals surface area contributed by atoms with Crippen molar-refractivity contribution in [3.63, 3.8) is 0 Å². The molecule has 1 atom stereocenters. The summed E-state index contributed by atoms with van der Waals surface area (Å²) in [4.78, 5) is 15.3. The van der Waals surface area contributed by atoms with Crippen LogP contribution in [0.15, 0.2) is 24.3 Å². The van der Waals surface area contributed by atoms with E-state index in [9.17, 15) is 18.0 Å². The first-order valence-corrected chi connectivity index (χ1v) is 7.29. The maximum Gasteiger partial charge on any atom is 0.405 e. The van der Waals surface area contributed by atoms with Crippen molar-refractivity contribution < 1.29 is 22.7 Å². The maximum atomic E-state index is 12.7. The first-order valence-electron chi connectivity index (χ1n) is 7.29. The Hall–Kier alpha value is -1.76. The van der Waals surface area contributed by atoms with Crippen LogP contribution < -0.4 is 9.80 Å². The summed E-state index contributed by atoms with van der Waals surface area (Å²) >= 11 is 0. The average Bonchev–Trinajstić information content (AvgIpc) is 3.00. The lowest BCUT2D eigenvalue weighted by Crippen LogP contribution is -2.49. The zero-order valence-corrected chi connectivity index (χ0v) is 12.0. The summed E-state index contributed by atoms with van der Waals surface area (Å²) in [5, 5.41) is 0. The van der Waals surface area contributed by atoms with Gasteiger partial charge in [-0.3, -0.25) is 4.79 Å². The molecule has 0 aliphatic carbocycles. The van der Waals surface area contributed by atoms with Crippen LogP contribution in [-0.4, -0.2) is 44.4 Å². The van der Waals surface area contributed by atoms with Gasteiger partial charge in [0.05, 0.1) is 11.4 Å². The monoisotopic (exact) mass is 314 g/mol. The molecule has 3 rings (SSSR count). The second-order valence-corrected chi connectivity index (χ2v) is 5.52. The van der Waals surface area contributed by atoms with Crippen molar-refractivity contribution in [3.8, 4) is 0 Å². The molecule has 1 aromatic rings. The summed E-state index contributed by atoms with van der Waals surface area (Å²) in [5.41, 5.74) is 0.968. The van der Waals surface area contributed by atoms with Gasteiger partial charge >= 0.3 is 6.18 Å². The molecule has 0 unspecified atom stereocenters. The highest BCUT2D eigenvalue weighted by atomic mass is 19.4. The van der Waals surface area contributed by atoms with Gasteiger partial charge < -0.3 is 14.5 Å². The molecule has 0 aromatic heterocycles. The van der Waals surface area contributed by atoms with E-state index in [0.29, 0.717) is 24.4 Å². The molecular weight excluding hydrogens is 297 g/mol. The average molecular weight is 314 g/mol. The molecule has 2 heterocycles. The van der Waals surface area contributed by atoms with E-state index >= 15 is 0 Å². The van der Waals surface area contributed by atoms with E-state index in [4.69, 9.17) is 4.74 Å². The molecular formula is C15H17F3N2O2. The SMILES string of the molecule is O=C([C@H]1CCCO1)N1CCN(CC(F)(F)F)c2ccccc21. The summed E-state index contributed by atoms with van der Waals surface area (Å²) < 4.78 is 43.5. The van der Waals surface area contributed by atoms with Gasteiger partial charge in [0.25, 0.3) is 5.91 Å². The van der Waals surface area contributed by atoms with Gasteiger partial charge in [0.2, 0.25) is 0 Å². The molecule has 0 bridgehead atoms. The van der Waals surface area contributed by atoms with Crippen molar-refractivity contribution in [2.75, 3.05) is 36.0 Å². The minimum absolute atomic E-state index is 0.156. The Morgan fingerprint density at radius 3 is 2.59 bits per heavy atom. The van der Waals surface area contributed by atoms with Crippen molar-refractivity contribution in [1.29, 1.82) is 0 Å². The van der Waals surface area contributed by atoms with Crippen LogP contribution in [0.2, 0.25) is 0 Å². The number of alkyl halides is 3. The number of ether oxygens (including phenoxy) is 1. The Kier molecular flexibility index (Phi) is 3.99. The molecule has 1 fully saturated rings. The highest BCUT2D eigenvalue weighted by Gasteiger charge is 2.37. The number of hydrogen-bond acceptors (Lipinski definition) is 3. The summed E-state index contributed by atoms with van der Waals surface area (Å²) in [7, 11) is 0. The number of anilines is 2. The molecule has 0 saturated carbocycles. The topological polar surface area (TPSA) is 32.8 Å². The zero-order valence-electron chi connectivity index (χ0n) is 12.0. The lowest BCUT2D eigenvalue weighted by molar-refractivity contribution is -0.127. The molecule has 1 saturated heterocycles. The van der Waals surface area contributed by atoms with Crippen molar-refractivity contribution >= 4 is 17.3 Å². The number of carbonyl (C=O) groups is 1. The number of benzene rings is 1. The van der Waals surface area contributed by atoms with Crippen LogP contribution >= 0.6 is 0 Å². The fourth-order valence-corrected chi connectivity index (χ4v) is 2.98. The highest BCUT2D eigenvalue weighted by Crippen LogP contribution is 2.35. The van der Waals surface area contributed by atoms with Gasteiger partial charge in [0.1, 0.15) is 12.6 Å². The van der Waals surface area contributed by atoms with Crippen molar-refractivity contribution in [2.24, 2.45) is 0 Å². The van der Waals surface area contributed by atoms with Gasteiger partial charge in [-0.1, -0.05) is 12.1 Å². The molecule has 0 radical (unpaired) electrons. The number of halogens is 3. The van der Waals surface area contributed by atoms with Gasteiger partial charge in [-0.15, -0.1) is 0 Å². The first kappa shape index (κ1) is 15.1. The van der Waals surface area contributed by atoms with E-state index in [1.807, 2.05) is 0 Å². The molecule has 1 amide bonds. The van der Waals surface area contributed by atoms with E-state index < -0.39 is 18.8 Å².